The molecule has 2 fully saturated rings. The highest BCUT2D eigenvalue weighted by Gasteiger charge is 2.61. The Kier molecular flexibility index (Phi) is 2.80. The molecule has 2 aromatic heterocycles. The lowest BCUT2D eigenvalue weighted by Crippen LogP contribution is -2.54. The average Bonchev–Trinajstić information content (AvgIpc) is 2.39. The van der Waals surface area contributed by atoms with Gasteiger partial charge in [0.05, 0.1) is 11.2 Å². The molecule has 0 aliphatic heterocycles. The summed E-state index contributed by atoms with van der Waals surface area (Å²) in [5.41, 5.74) is 1.85. The molecule has 22 heavy (non-hydrogen) atoms. The molecule has 2 aromatic rings. The fourth-order valence-corrected chi connectivity index (χ4v) is 4.12. The summed E-state index contributed by atoms with van der Waals surface area (Å²) in [7, 11) is 0. The lowest BCUT2D eigenvalue weighted by molar-refractivity contribution is -0.204. The number of hydrogen-bond donors (Lipinski definition) is 2. The van der Waals surface area contributed by atoms with E-state index in [0.29, 0.717) is 23.7 Å². The monoisotopic (exact) mass is 305 g/mol. The third-order valence-electron chi connectivity index (χ3n) is 4.89. The molecule has 1 spiro atoms. The quantitative estimate of drug-likeness (QED) is 0.916. The van der Waals surface area contributed by atoms with Crippen LogP contribution >= 0.6 is 0 Å². The molecule has 0 amide bonds. The lowest BCUT2D eigenvalue weighted by atomic mass is 9.50. The van der Waals surface area contributed by atoms with Gasteiger partial charge >= 0.3 is 0 Å². The van der Waals surface area contributed by atoms with E-state index in [-0.39, 0.29) is 23.8 Å². The Morgan fingerprint density at radius 3 is 2.86 bits per heavy atom. The van der Waals surface area contributed by atoms with Gasteiger partial charge in [-0.3, -0.25) is 9.78 Å². The van der Waals surface area contributed by atoms with E-state index in [1.54, 1.807) is 12.3 Å². The van der Waals surface area contributed by atoms with Gasteiger partial charge in [0.2, 0.25) is 5.92 Å². The summed E-state index contributed by atoms with van der Waals surface area (Å²) >= 11 is 0. The zero-order chi connectivity index (χ0) is 15.4. The first kappa shape index (κ1) is 13.7. The summed E-state index contributed by atoms with van der Waals surface area (Å²) < 4.78 is 26.0. The second-order valence-corrected chi connectivity index (χ2v) is 6.81. The summed E-state index contributed by atoms with van der Waals surface area (Å²) in [4.78, 5) is 18.7. The first-order valence-corrected chi connectivity index (χ1v) is 7.55. The summed E-state index contributed by atoms with van der Waals surface area (Å²) in [5.74, 6) is -2.04. The van der Waals surface area contributed by atoms with Crippen molar-refractivity contribution in [1.82, 2.24) is 9.97 Å². The van der Waals surface area contributed by atoms with Crippen LogP contribution < -0.4 is 10.9 Å². The summed E-state index contributed by atoms with van der Waals surface area (Å²) in [5, 5.41) is 3.27. The molecular formula is C16H17F2N3O. The van der Waals surface area contributed by atoms with E-state index in [9.17, 15) is 13.6 Å². The molecule has 6 heteroatoms. The van der Waals surface area contributed by atoms with Gasteiger partial charge in [-0.25, -0.2) is 8.78 Å². The number of nitrogens with one attached hydrogen (secondary N) is 2. The molecule has 0 radical (unpaired) electrons. The van der Waals surface area contributed by atoms with Gasteiger partial charge in [0.25, 0.3) is 5.56 Å². The summed E-state index contributed by atoms with van der Waals surface area (Å²) in [6.07, 6.45) is 3.48. The van der Waals surface area contributed by atoms with Gasteiger partial charge < -0.3 is 10.3 Å². The highest BCUT2D eigenvalue weighted by molar-refractivity contribution is 5.86. The SMILES string of the molecule is O=c1cc(NCC2CC3(C2)CC(F)(F)C3)c2ncccc2[nH]1. The first-order valence-electron chi connectivity index (χ1n) is 7.55. The predicted molar refractivity (Wildman–Crippen MR) is 80.2 cm³/mol. The van der Waals surface area contributed by atoms with Crippen LogP contribution in [0.15, 0.2) is 29.2 Å². The molecule has 2 saturated carbocycles. The number of rotatable bonds is 3. The van der Waals surface area contributed by atoms with E-state index >= 15 is 0 Å². The van der Waals surface area contributed by atoms with Crippen LogP contribution in [0.2, 0.25) is 0 Å². The normalized spacial score (nSPS) is 22.3. The van der Waals surface area contributed by atoms with Crippen molar-refractivity contribution < 1.29 is 8.78 Å². The van der Waals surface area contributed by atoms with Gasteiger partial charge in [0.1, 0.15) is 5.52 Å². The van der Waals surface area contributed by atoms with Crippen LogP contribution in [-0.2, 0) is 0 Å². The van der Waals surface area contributed by atoms with Crippen molar-refractivity contribution in [3.63, 3.8) is 0 Å². The molecule has 4 rings (SSSR count). The molecule has 0 bridgehead atoms. The van der Waals surface area contributed by atoms with Crippen LogP contribution in [0.4, 0.5) is 14.5 Å². The minimum absolute atomic E-state index is 0.0476. The van der Waals surface area contributed by atoms with E-state index in [4.69, 9.17) is 0 Å². The van der Waals surface area contributed by atoms with Crippen LogP contribution in [0.25, 0.3) is 11.0 Å². The van der Waals surface area contributed by atoms with Crippen molar-refractivity contribution in [3.05, 3.63) is 34.7 Å². The van der Waals surface area contributed by atoms with Crippen molar-refractivity contribution in [1.29, 1.82) is 0 Å². The van der Waals surface area contributed by atoms with E-state index < -0.39 is 5.92 Å². The Bertz CT molecular complexity index is 770. The third-order valence-corrected chi connectivity index (χ3v) is 4.89. The van der Waals surface area contributed by atoms with Gasteiger partial charge in [-0.05, 0) is 36.3 Å². The number of aromatic amines is 1. The molecule has 116 valence electrons. The molecule has 0 unspecified atom stereocenters. The zero-order valence-electron chi connectivity index (χ0n) is 12.0. The van der Waals surface area contributed by atoms with Crippen LogP contribution in [0.1, 0.15) is 25.7 Å². The number of halogens is 2. The Balaban J connectivity index is 1.42. The smallest absolute Gasteiger partial charge is 0.250 e. The van der Waals surface area contributed by atoms with Gasteiger partial charge in [-0.1, -0.05) is 0 Å². The van der Waals surface area contributed by atoms with Gasteiger partial charge in [-0.15, -0.1) is 0 Å². The fourth-order valence-electron chi connectivity index (χ4n) is 4.12. The number of alkyl halides is 2. The molecular weight excluding hydrogens is 288 g/mol. The lowest BCUT2D eigenvalue weighted by Gasteiger charge is -2.57. The molecule has 0 saturated heterocycles. The van der Waals surface area contributed by atoms with Crippen molar-refractivity contribution in [2.45, 2.75) is 31.6 Å². The van der Waals surface area contributed by atoms with E-state index in [2.05, 4.69) is 15.3 Å². The number of H-pyrrole nitrogens is 1. The second kappa shape index (κ2) is 4.51. The number of anilines is 1. The Hall–Kier alpha value is -1.98. The van der Waals surface area contributed by atoms with Gasteiger partial charge in [0, 0.05) is 31.6 Å². The molecule has 2 aliphatic rings. The van der Waals surface area contributed by atoms with E-state index in [1.165, 1.54) is 6.07 Å². The zero-order valence-corrected chi connectivity index (χ0v) is 12.0. The maximum atomic E-state index is 13.0. The maximum absolute atomic E-state index is 13.0. The van der Waals surface area contributed by atoms with Crippen molar-refractivity contribution in [3.8, 4) is 0 Å². The number of pyridine rings is 2. The highest BCUT2D eigenvalue weighted by Crippen LogP contribution is 2.64. The second-order valence-electron chi connectivity index (χ2n) is 6.81. The van der Waals surface area contributed by atoms with Crippen molar-refractivity contribution >= 4 is 16.7 Å². The Morgan fingerprint density at radius 2 is 2.14 bits per heavy atom. The van der Waals surface area contributed by atoms with E-state index in [1.807, 2.05) is 6.07 Å². The van der Waals surface area contributed by atoms with Crippen LogP contribution in [-0.4, -0.2) is 22.4 Å². The number of fused-ring (bicyclic) bond motifs is 1. The maximum Gasteiger partial charge on any atom is 0.250 e. The molecule has 0 atom stereocenters. The summed E-state index contributed by atoms with van der Waals surface area (Å²) in [6.45, 7) is 0.697. The number of nitrogens with zero attached hydrogens (tertiary/aromatic N) is 1. The Morgan fingerprint density at radius 1 is 1.36 bits per heavy atom. The molecule has 2 aliphatic carbocycles. The molecule has 2 N–H and O–H groups in total. The molecule has 2 heterocycles. The summed E-state index contributed by atoms with van der Waals surface area (Å²) in [6, 6.07) is 5.08. The largest absolute Gasteiger partial charge is 0.383 e. The van der Waals surface area contributed by atoms with Gasteiger partial charge in [0.15, 0.2) is 0 Å². The van der Waals surface area contributed by atoms with Crippen LogP contribution in [0.5, 0.6) is 0 Å². The van der Waals surface area contributed by atoms with Crippen LogP contribution in [0, 0.1) is 11.3 Å². The fraction of sp³-hybridized carbons (Fsp3) is 0.500. The topological polar surface area (TPSA) is 57.8 Å². The standard InChI is InChI=1S/C16H17F2N3O/c17-16(18)8-15(9-16)5-10(6-15)7-20-12-4-13(22)21-11-2-1-3-19-14(11)12/h1-4,10H,5-9H2,(H2,20,21,22). The number of aromatic nitrogens is 2. The first-order chi connectivity index (χ1) is 10.4. The predicted octanol–water partition coefficient (Wildman–Crippen LogP) is 3.16. The number of hydrogen-bond acceptors (Lipinski definition) is 3. The Labute approximate surface area is 126 Å². The van der Waals surface area contributed by atoms with E-state index in [0.717, 1.165) is 18.4 Å². The minimum Gasteiger partial charge on any atom is -0.383 e. The van der Waals surface area contributed by atoms with Crippen LogP contribution in [0.3, 0.4) is 0 Å². The van der Waals surface area contributed by atoms with Crippen molar-refractivity contribution in [2.24, 2.45) is 11.3 Å². The molecule has 0 aromatic carbocycles. The van der Waals surface area contributed by atoms with Gasteiger partial charge in [-0.2, -0.15) is 0 Å². The average molecular weight is 305 g/mol. The minimum atomic E-state index is -2.44. The third kappa shape index (κ3) is 2.26. The van der Waals surface area contributed by atoms with Crippen molar-refractivity contribution in [2.75, 3.05) is 11.9 Å². The highest BCUT2D eigenvalue weighted by atomic mass is 19.3. The molecule has 4 nitrogen and oxygen atoms in total.